The first-order valence-electron chi connectivity index (χ1n) is 10.0. The standard InChI is InChI=1S/C21H25F3N4OS/c22-21(23,24)16-6-7-18(28-12-4-2-1-3-5-13-28)17(14-16)26-20(30)27-19(29)15-8-10-25-11-9-15/h6-10,14,25H,1-5,11-13H2,(H2,26,27,29,30). The Bertz CT molecular complexity index is 843. The van der Waals surface area contributed by atoms with Crippen molar-refractivity contribution in [3.63, 3.8) is 0 Å². The third-order valence-electron chi connectivity index (χ3n) is 5.08. The van der Waals surface area contributed by atoms with Crippen LogP contribution in [0, 0.1) is 0 Å². The molecule has 30 heavy (non-hydrogen) atoms. The zero-order valence-corrected chi connectivity index (χ0v) is 17.3. The molecule has 1 fully saturated rings. The molecule has 2 aliphatic rings. The van der Waals surface area contributed by atoms with E-state index in [1.54, 1.807) is 18.4 Å². The van der Waals surface area contributed by atoms with Crippen LogP contribution in [0.15, 0.2) is 42.1 Å². The zero-order valence-electron chi connectivity index (χ0n) is 16.5. The molecule has 0 aromatic heterocycles. The summed E-state index contributed by atoms with van der Waals surface area (Å²) < 4.78 is 39.9. The number of nitrogens with one attached hydrogen (secondary N) is 3. The molecule has 1 aromatic carbocycles. The van der Waals surface area contributed by atoms with Crippen molar-refractivity contribution in [3.8, 4) is 0 Å². The van der Waals surface area contributed by atoms with Crippen LogP contribution >= 0.6 is 12.2 Å². The molecule has 1 aromatic rings. The van der Waals surface area contributed by atoms with Gasteiger partial charge in [0.1, 0.15) is 0 Å². The molecule has 162 valence electrons. The molecule has 3 rings (SSSR count). The van der Waals surface area contributed by atoms with Gasteiger partial charge in [-0.3, -0.25) is 10.1 Å². The molecule has 0 atom stereocenters. The van der Waals surface area contributed by atoms with Gasteiger partial charge >= 0.3 is 6.18 Å². The largest absolute Gasteiger partial charge is 0.416 e. The van der Waals surface area contributed by atoms with E-state index in [0.717, 1.165) is 50.9 Å². The van der Waals surface area contributed by atoms with Gasteiger partial charge in [0.25, 0.3) is 5.91 Å². The van der Waals surface area contributed by atoms with E-state index in [1.165, 1.54) is 12.5 Å². The van der Waals surface area contributed by atoms with Crippen molar-refractivity contribution in [1.29, 1.82) is 0 Å². The first kappa shape index (κ1) is 22.1. The number of anilines is 2. The zero-order chi connectivity index (χ0) is 21.6. The van der Waals surface area contributed by atoms with E-state index in [1.807, 2.05) is 0 Å². The fourth-order valence-corrected chi connectivity index (χ4v) is 3.73. The summed E-state index contributed by atoms with van der Waals surface area (Å²) in [5, 5.41) is 8.26. The maximum absolute atomic E-state index is 13.3. The summed E-state index contributed by atoms with van der Waals surface area (Å²) in [6.45, 7) is 2.06. The Hall–Kier alpha value is -2.55. The normalized spacial score (nSPS) is 17.3. The van der Waals surface area contributed by atoms with E-state index in [4.69, 9.17) is 12.2 Å². The van der Waals surface area contributed by atoms with Crippen LogP contribution in [0.2, 0.25) is 0 Å². The molecule has 0 bridgehead atoms. The fourth-order valence-electron chi connectivity index (χ4n) is 3.53. The number of alkyl halides is 3. The van der Waals surface area contributed by atoms with Crippen molar-refractivity contribution in [2.75, 3.05) is 29.9 Å². The molecule has 0 spiro atoms. The molecular formula is C21H25F3N4OS. The second-order valence-corrected chi connectivity index (χ2v) is 7.70. The van der Waals surface area contributed by atoms with Crippen LogP contribution in [0.1, 0.15) is 37.7 Å². The van der Waals surface area contributed by atoms with E-state index >= 15 is 0 Å². The monoisotopic (exact) mass is 438 g/mol. The minimum absolute atomic E-state index is 0.0412. The highest BCUT2D eigenvalue weighted by molar-refractivity contribution is 7.80. The minimum atomic E-state index is -4.47. The lowest BCUT2D eigenvalue weighted by Gasteiger charge is -2.29. The highest BCUT2D eigenvalue weighted by Crippen LogP contribution is 2.36. The first-order valence-corrected chi connectivity index (χ1v) is 10.4. The number of dihydropyridines is 1. The molecule has 5 nitrogen and oxygen atoms in total. The average Bonchev–Trinajstić information content (AvgIpc) is 2.68. The molecule has 9 heteroatoms. The predicted molar refractivity (Wildman–Crippen MR) is 116 cm³/mol. The number of hydrogen-bond donors (Lipinski definition) is 3. The second kappa shape index (κ2) is 9.97. The second-order valence-electron chi connectivity index (χ2n) is 7.29. The first-order chi connectivity index (χ1) is 14.3. The summed E-state index contributed by atoms with van der Waals surface area (Å²) in [6, 6.07) is 3.62. The lowest BCUT2D eigenvalue weighted by atomic mass is 10.1. The Kier molecular flexibility index (Phi) is 7.36. The predicted octanol–water partition coefficient (Wildman–Crippen LogP) is 4.33. The summed E-state index contributed by atoms with van der Waals surface area (Å²) in [6.07, 6.45) is 5.84. The summed E-state index contributed by atoms with van der Waals surface area (Å²) in [4.78, 5) is 14.4. The van der Waals surface area contributed by atoms with Crippen molar-refractivity contribution >= 4 is 34.6 Å². The number of rotatable bonds is 3. The van der Waals surface area contributed by atoms with Crippen LogP contribution in [0.4, 0.5) is 24.5 Å². The van der Waals surface area contributed by atoms with Crippen molar-refractivity contribution in [2.24, 2.45) is 0 Å². The Balaban J connectivity index is 1.80. The lowest BCUT2D eigenvalue weighted by Crippen LogP contribution is -2.36. The number of amides is 1. The molecule has 0 unspecified atom stereocenters. The van der Waals surface area contributed by atoms with Crippen LogP contribution in [0.3, 0.4) is 0 Å². The van der Waals surface area contributed by atoms with Crippen LogP contribution in [0.5, 0.6) is 0 Å². The van der Waals surface area contributed by atoms with E-state index in [0.29, 0.717) is 17.8 Å². The Morgan fingerprint density at radius 1 is 1.10 bits per heavy atom. The number of benzene rings is 1. The van der Waals surface area contributed by atoms with Gasteiger partial charge in [0.15, 0.2) is 5.11 Å². The molecular weight excluding hydrogens is 413 g/mol. The van der Waals surface area contributed by atoms with E-state index in [9.17, 15) is 18.0 Å². The molecule has 2 aliphatic heterocycles. The van der Waals surface area contributed by atoms with Gasteiger partial charge in [-0.05, 0) is 55.5 Å². The highest BCUT2D eigenvalue weighted by Gasteiger charge is 2.31. The SMILES string of the molecule is O=C(NC(=S)Nc1cc(C(F)(F)F)ccc1N1CCCCCCC1)C1=CCNC=C1. The van der Waals surface area contributed by atoms with Gasteiger partial charge in [-0.25, -0.2) is 0 Å². The molecule has 3 N–H and O–H groups in total. The number of thiocarbonyl (C=S) groups is 1. The maximum atomic E-state index is 13.3. The number of halogens is 3. The van der Waals surface area contributed by atoms with Crippen molar-refractivity contribution in [2.45, 2.75) is 38.3 Å². The van der Waals surface area contributed by atoms with Gasteiger partial charge in [0, 0.05) is 25.2 Å². The topological polar surface area (TPSA) is 56.4 Å². The van der Waals surface area contributed by atoms with Crippen molar-refractivity contribution < 1.29 is 18.0 Å². The van der Waals surface area contributed by atoms with Gasteiger partial charge < -0.3 is 15.5 Å². The number of carbonyl (C=O) groups is 1. The minimum Gasteiger partial charge on any atom is -0.387 e. The number of hydrogen-bond acceptors (Lipinski definition) is 4. The molecule has 0 saturated carbocycles. The molecule has 1 saturated heterocycles. The maximum Gasteiger partial charge on any atom is 0.416 e. The summed E-state index contributed by atoms with van der Waals surface area (Å²) in [5.41, 5.74) is 0.567. The molecule has 2 heterocycles. The van der Waals surface area contributed by atoms with Crippen LogP contribution in [0.25, 0.3) is 0 Å². The van der Waals surface area contributed by atoms with Gasteiger partial charge in [0.05, 0.1) is 16.9 Å². The smallest absolute Gasteiger partial charge is 0.387 e. The Labute approximate surface area is 179 Å². The number of nitrogens with zero attached hydrogens (tertiary/aromatic N) is 1. The van der Waals surface area contributed by atoms with Gasteiger partial charge in [-0.15, -0.1) is 0 Å². The van der Waals surface area contributed by atoms with Gasteiger partial charge in [0.2, 0.25) is 0 Å². The van der Waals surface area contributed by atoms with Gasteiger partial charge in [-0.2, -0.15) is 13.2 Å². The average molecular weight is 439 g/mol. The van der Waals surface area contributed by atoms with Crippen LogP contribution < -0.4 is 20.9 Å². The van der Waals surface area contributed by atoms with Crippen LogP contribution in [-0.2, 0) is 11.0 Å². The Morgan fingerprint density at radius 3 is 2.43 bits per heavy atom. The van der Waals surface area contributed by atoms with E-state index < -0.39 is 17.6 Å². The van der Waals surface area contributed by atoms with Crippen molar-refractivity contribution in [3.05, 3.63) is 47.7 Å². The highest BCUT2D eigenvalue weighted by atomic mass is 32.1. The summed E-state index contributed by atoms with van der Waals surface area (Å²) >= 11 is 5.22. The Morgan fingerprint density at radius 2 is 1.80 bits per heavy atom. The fraction of sp³-hybridized carbons (Fsp3) is 0.429. The summed E-state index contributed by atoms with van der Waals surface area (Å²) in [7, 11) is 0. The summed E-state index contributed by atoms with van der Waals surface area (Å²) in [5.74, 6) is -0.412. The third-order valence-corrected chi connectivity index (χ3v) is 5.28. The van der Waals surface area contributed by atoms with Gasteiger partial charge in [-0.1, -0.05) is 25.3 Å². The third kappa shape index (κ3) is 5.98. The van der Waals surface area contributed by atoms with Crippen molar-refractivity contribution in [1.82, 2.24) is 10.6 Å². The molecule has 0 aliphatic carbocycles. The molecule has 1 amide bonds. The van der Waals surface area contributed by atoms with E-state index in [2.05, 4.69) is 20.9 Å². The van der Waals surface area contributed by atoms with Crippen LogP contribution in [-0.4, -0.2) is 30.7 Å². The number of carbonyl (C=O) groups excluding carboxylic acids is 1. The van der Waals surface area contributed by atoms with E-state index in [-0.39, 0.29) is 10.8 Å². The molecule has 0 radical (unpaired) electrons. The quantitative estimate of drug-likeness (QED) is 0.614. The lowest BCUT2D eigenvalue weighted by molar-refractivity contribution is -0.137.